The van der Waals surface area contributed by atoms with Gasteiger partial charge in [0.25, 0.3) is 0 Å². The zero-order valence-electron chi connectivity index (χ0n) is 20.7. The number of nitrogens with one attached hydrogen (secondary N) is 3. The minimum absolute atomic E-state index is 0.746. The Morgan fingerprint density at radius 3 is 2.65 bits per heavy atom. The van der Waals surface area contributed by atoms with Crippen molar-refractivity contribution in [3.05, 3.63) is 91.8 Å². The normalized spacial score (nSPS) is 11.4. The van der Waals surface area contributed by atoms with Gasteiger partial charge in [-0.05, 0) is 61.6 Å². The lowest BCUT2D eigenvalue weighted by Gasteiger charge is -2.14. The standard InChI is InChI=1S/C29H26N8/c1-18(17-37(2)3)33-22-11-21(15-31-16-22)19-6-7-26-25(12-19)28(36-35-26)27-13-24-23(8-10-32-29(24)34-27)20-5-4-9-30-14-20/h4-16,33H,1,17H2,2-3H3,(H,32,34)(H,35,36). The Balaban J connectivity index is 1.38. The first-order valence-electron chi connectivity index (χ1n) is 12.0. The molecule has 37 heavy (non-hydrogen) atoms. The van der Waals surface area contributed by atoms with E-state index in [-0.39, 0.29) is 0 Å². The first kappa shape index (κ1) is 22.6. The highest BCUT2D eigenvalue weighted by Gasteiger charge is 2.15. The van der Waals surface area contributed by atoms with Crippen LogP contribution < -0.4 is 5.32 Å². The van der Waals surface area contributed by atoms with Crippen molar-refractivity contribution in [2.45, 2.75) is 0 Å². The van der Waals surface area contributed by atoms with Gasteiger partial charge in [-0.15, -0.1) is 0 Å². The minimum atomic E-state index is 0.746. The van der Waals surface area contributed by atoms with Crippen LogP contribution in [0.5, 0.6) is 0 Å². The quantitative estimate of drug-likeness (QED) is 0.267. The van der Waals surface area contributed by atoms with Gasteiger partial charge in [0.1, 0.15) is 11.3 Å². The van der Waals surface area contributed by atoms with Crippen molar-refractivity contribution in [1.82, 2.24) is 35.0 Å². The zero-order chi connectivity index (χ0) is 25.4. The smallest absolute Gasteiger partial charge is 0.138 e. The Labute approximate surface area is 214 Å². The van der Waals surface area contributed by atoms with Gasteiger partial charge in [-0.2, -0.15) is 5.10 Å². The second-order valence-corrected chi connectivity index (χ2v) is 9.31. The third-order valence-electron chi connectivity index (χ3n) is 6.22. The van der Waals surface area contributed by atoms with Crippen LogP contribution >= 0.6 is 0 Å². The zero-order valence-corrected chi connectivity index (χ0v) is 20.7. The molecule has 6 rings (SSSR count). The predicted octanol–water partition coefficient (Wildman–Crippen LogP) is 5.72. The van der Waals surface area contributed by atoms with Crippen molar-refractivity contribution in [3.8, 4) is 33.6 Å². The number of hydrogen-bond donors (Lipinski definition) is 3. The van der Waals surface area contributed by atoms with Crippen molar-refractivity contribution in [2.75, 3.05) is 26.0 Å². The highest BCUT2D eigenvalue weighted by molar-refractivity contribution is 6.00. The van der Waals surface area contributed by atoms with E-state index in [1.807, 2.05) is 57.1 Å². The van der Waals surface area contributed by atoms with Gasteiger partial charge in [0.15, 0.2) is 0 Å². The molecule has 0 fully saturated rings. The van der Waals surface area contributed by atoms with Gasteiger partial charge in [0.2, 0.25) is 0 Å². The number of benzene rings is 1. The Hall–Kier alpha value is -4.82. The molecule has 5 heterocycles. The number of H-pyrrole nitrogens is 2. The molecule has 0 aliphatic rings. The Morgan fingerprint density at radius 2 is 1.81 bits per heavy atom. The second kappa shape index (κ2) is 9.33. The minimum Gasteiger partial charge on any atom is -0.357 e. The topological polar surface area (TPSA) is 98.4 Å². The van der Waals surface area contributed by atoms with E-state index < -0.39 is 0 Å². The fraction of sp³-hybridized carbons (Fsp3) is 0.103. The van der Waals surface area contributed by atoms with Crippen LogP contribution in [0.3, 0.4) is 0 Å². The average molecular weight is 487 g/mol. The SMILES string of the molecule is C=C(CN(C)C)Nc1cncc(-c2ccc3[nH]nc(-c4cc5c(-c6cccnc6)ccnc5[nH]4)c3c2)c1. The molecule has 0 aliphatic heterocycles. The van der Waals surface area contributed by atoms with Crippen LogP contribution in [0.25, 0.3) is 55.6 Å². The second-order valence-electron chi connectivity index (χ2n) is 9.31. The lowest BCUT2D eigenvalue weighted by atomic mass is 10.0. The highest BCUT2D eigenvalue weighted by Crippen LogP contribution is 2.34. The van der Waals surface area contributed by atoms with Gasteiger partial charge in [-0.3, -0.25) is 15.1 Å². The first-order chi connectivity index (χ1) is 18.0. The molecule has 6 aromatic rings. The van der Waals surface area contributed by atoms with Crippen molar-refractivity contribution in [2.24, 2.45) is 0 Å². The van der Waals surface area contributed by atoms with Crippen molar-refractivity contribution in [1.29, 1.82) is 0 Å². The fourth-order valence-corrected chi connectivity index (χ4v) is 4.62. The van der Waals surface area contributed by atoms with Gasteiger partial charge in [-0.1, -0.05) is 18.7 Å². The van der Waals surface area contributed by atoms with E-state index >= 15 is 0 Å². The van der Waals surface area contributed by atoms with Crippen molar-refractivity contribution in [3.63, 3.8) is 0 Å². The lowest BCUT2D eigenvalue weighted by Crippen LogP contribution is -2.18. The number of pyridine rings is 3. The molecule has 182 valence electrons. The summed E-state index contributed by atoms with van der Waals surface area (Å²) in [6.45, 7) is 4.86. The van der Waals surface area contributed by atoms with Gasteiger partial charge < -0.3 is 15.2 Å². The molecule has 5 aromatic heterocycles. The number of likely N-dealkylation sites (N-methyl/N-ethyl adjacent to an activating group) is 1. The molecule has 0 bridgehead atoms. The largest absolute Gasteiger partial charge is 0.357 e. The third-order valence-corrected chi connectivity index (χ3v) is 6.22. The van der Waals surface area contributed by atoms with E-state index in [9.17, 15) is 0 Å². The molecule has 0 unspecified atom stereocenters. The molecule has 0 saturated heterocycles. The molecule has 0 atom stereocenters. The molecule has 0 amide bonds. The monoisotopic (exact) mass is 486 g/mol. The number of anilines is 1. The lowest BCUT2D eigenvalue weighted by molar-refractivity contribution is 0.447. The van der Waals surface area contributed by atoms with Crippen LogP contribution in [0.15, 0.2) is 91.8 Å². The molecule has 0 saturated carbocycles. The first-order valence-corrected chi connectivity index (χ1v) is 12.0. The molecule has 8 heteroatoms. The van der Waals surface area contributed by atoms with E-state index in [2.05, 4.69) is 77.3 Å². The van der Waals surface area contributed by atoms with Crippen LogP contribution in [0.1, 0.15) is 0 Å². The molecule has 0 spiro atoms. The maximum Gasteiger partial charge on any atom is 0.138 e. The Morgan fingerprint density at radius 1 is 0.919 bits per heavy atom. The van der Waals surface area contributed by atoms with Crippen molar-refractivity contribution >= 4 is 27.6 Å². The molecular weight excluding hydrogens is 460 g/mol. The Bertz CT molecular complexity index is 1730. The number of aromatic amines is 2. The van der Waals surface area contributed by atoms with Crippen LogP contribution in [-0.4, -0.2) is 55.7 Å². The summed E-state index contributed by atoms with van der Waals surface area (Å²) in [4.78, 5) is 18.8. The highest BCUT2D eigenvalue weighted by atomic mass is 15.1. The van der Waals surface area contributed by atoms with Gasteiger partial charge in [-0.25, -0.2) is 4.98 Å². The van der Waals surface area contributed by atoms with E-state index in [1.54, 1.807) is 6.20 Å². The molecule has 0 radical (unpaired) electrons. The van der Waals surface area contributed by atoms with Crippen LogP contribution in [-0.2, 0) is 0 Å². The van der Waals surface area contributed by atoms with Gasteiger partial charge in [0.05, 0.1) is 23.1 Å². The summed E-state index contributed by atoms with van der Waals surface area (Å²) in [6, 6.07) is 16.5. The van der Waals surface area contributed by atoms with E-state index in [1.165, 1.54) is 0 Å². The van der Waals surface area contributed by atoms with Crippen LogP contribution in [0, 0.1) is 0 Å². The Kier molecular flexibility index (Phi) is 5.71. The summed E-state index contributed by atoms with van der Waals surface area (Å²) in [6.07, 6.45) is 9.13. The number of fused-ring (bicyclic) bond motifs is 2. The summed E-state index contributed by atoms with van der Waals surface area (Å²) < 4.78 is 0. The van der Waals surface area contributed by atoms with E-state index in [4.69, 9.17) is 0 Å². The van der Waals surface area contributed by atoms with E-state index in [0.29, 0.717) is 0 Å². The molecule has 8 nitrogen and oxygen atoms in total. The summed E-state index contributed by atoms with van der Waals surface area (Å²) in [5.41, 5.74) is 9.50. The van der Waals surface area contributed by atoms with Crippen molar-refractivity contribution < 1.29 is 0 Å². The number of hydrogen-bond acceptors (Lipinski definition) is 6. The summed E-state index contributed by atoms with van der Waals surface area (Å²) in [5.74, 6) is 0. The molecule has 1 aromatic carbocycles. The third kappa shape index (κ3) is 4.46. The summed E-state index contributed by atoms with van der Waals surface area (Å²) in [7, 11) is 4.03. The van der Waals surface area contributed by atoms with Gasteiger partial charge >= 0.3 is 0 Å². The number of aromatic nitrogens is 6. The average Bonchev–Trinajstić information content (AvgIpc) is 3.52. The summed E-state index contributed by atoms with van der Waals surface area (Å²) in [5, 5.41) is 13.2. The van der Waals surface area contributed by atoms with E-state index in [0.717, 1.165) is 73.5 Å². The van der Waals surface area contributed by atoms with Gasteiger partial charge in [0, 0.05) is 58.9 Å². The number of nitrogens with zero attached hydrogens (tertiary/aromatic N) is 5. The number of rotatable bonds is 7. The molecule has 3 N–H and O–H groups in total. The maximum absolute atomic E-state index is 4.64. The predicted molar refractivity (Wildman–Crippen MR) is 149 cm³/mol. The van der Waals surface area contributed by atoms with Crippen LogP contribution in [0.4, 0.5) is 5.69 Å². The molecule has 0 aliphatic carbocycles. The molecular formula is C29H26N8. The summed E-state index contributed by atoms with van der Waals surface area (Å²) >= 11 is 0. The fourth-order valence-electron chi connectivity index (χ4n) is 4.62. The van der Waals surface area contributed by atoms with Crippen LogP contribution in [0.2, 0.25) is 0 Å². The maximum atomic E-state index is 4.64.